The second-order valence-electron chi connectivity index (χ2n) is 4.04. The van der Waals surface area contributed by atoms with Crippen molar-refractivity contribution in [3.05, 3.63) is 69.7 Å². The van der Waals surface area contributed by atoms with Crippen LogP contribution in [-0.2, 0) is 5.60 Å². The third-order valence-electron chi connectivity index (χ3n) is 2.81. The Hall–Kier alpha value is -1.02. The summed E-state index contributed by atoms with van der Waals surface area (Å²) in [5.74, 6) is 0. The van der Waals surface area contributed by atoms with Crippen molar-refractivity contribution in [3.8, 4) is 0 Å². The van der Waals surface area contributed by atoms with Crippen molar-refractivity contribution in [2.24, 2.45) is 0 Å². The lowest BCUT2D eigenvalue weighted by Crippen LogP contribution is -2.23. The Kier molecular flexibility index (Phi) is 3.43. The van der Waals surface area contributed by atoms with E-state index in [-0.39, 0.29) is 0 Å². The maximum atomic E-state index is 10.6. The van der Waals surface area contributed by atoms with Gasteiger partial charge in [0.05, 0.1) is 10.0 Å². The zero-order valence-electron chi connectivity index (χ0n) is 9.32. The molecule has 2 aromatic carbocycles. The molecule has 0 spiro atoms. The number of benzene rings is 2. The fraction of sp³-hybridized carbons (Fsp3) is 0.143. The smallest absolute Gasteiger partial charge is 0.113 e. The van der Waals surface area contributed by atoms with Gasteiger partial charge in [0.1, 0.15) is 5.60 Å². The molecule has 0 aromatic heterocycles. The molecule has 1 atom stereocenters. The van der Waals surface area contributed by atoms with Crippen LogP contribution in [-0.4, -0.2) is 5.11 Å². The lowest BCUT2D eigenvalue weighted by molar-refractivity contribution is 0.102. The van der Waals surface area contributed by atoms with Crippen LogP contribution in [0, 0.1) is 0 Å². The average molecular weight is 267 g/mol. The number of aliphatic hydroxyl groups is 1. The van der Waals surface area contributed by atoms with E-state index in [0.717, 1.165) is 5.56 Å². The third-order valence-corrected chi connectivity index (χ3v) is 3.63. The Morgan fingerprint density at radius 3 is 2.24 bits per heavy atom. The van der Waals surface area contributed by atoms with Gasteiger partial charge in [0.2, 0.25) is 0 Å². The van der Waals surface area contributed by atoms with Gasteiger partial charge in [-0.05, 0) is 18.6 Å². The molecule has 3 heteroatoms. The molecular weight excluding hydrogens is 255 g/mol. The van der Waals surface area contributed by atoms with Gasteiger partial charge in [0, 0.05) is 5.56 Å². The molecule has 1 unspecified atom stereocenters. The number of rotatable bonds is 2. The number of hydrogen-bond donors (Lipinski definition) is 1. The monoisotopic (exact) mass is 266 g/mol. The van der Waals surface area contributed by atoms with Crippen LogP contribution < -0.4 is 0 Å². The Morgan fingerprint density at radius 2 is 1.59 bits per heavy atom. The first-order valence-corrected chi connectivity index (χ1v) is 6.01. The summed E-state index contributed by atoms with van der Waals surface area (Å²) in [6.45, 7) is 1.71. The van der Waals surface area contributed by atoms with Gasteiger partial charge in [-0.2, -0.15) is 0 Å². The fourth-order valence-electron chi connectivity index (χ4n) is 1.80. The lowest BCUT2D eigenvalue weighted by Gasteiger charge is -2.25. The third kappa shape index (κ3) is 2.32. The van der Waals surface area contributed by atoms with Crippen LogP contribution in [0.4, 0.5) is 0 Å². The van der Waals surface area contributed by atoms with Crippen LogP contribution in [0.1, 0.15) is 18.1 Å². The largest absolute Gasteiger partial charge is 0.381 e. The van der Waals surface area contributed by atoms with Gasteiger partial charge in [-0.3, -0.25) is 0 Å². The van der Waals surface area contributed by atoms with Gasteiger partial charge in [-0.15, -0.1) is 0 Å². The molecule has 17 heavy (non-hydrogen) atoms. The first-order valence-electron chi connectivity index (χ1n) is 5.26. The molecule has 0 saturated carbocycles. The minimum atomic E-state index is -1.15. The quantitative estimate of drug-likeness (QED) is 0.862. The van der Waals surface area contributed by atoms with Crippen LogP contribution in [0.5, 0.6) is 0 Å². The summed E-state index contributed by atoms with van der Waals surface area (Å²) < 4.78 is 0. The van der Waals surface area contributed by atoms with Gasteiger partial charge in [0.15, 0.2) is 0 Å². The molecule has 1 N–H and O–H groups in total. The van der Waals surface area contributed by atoms with E-state index in [9.17, 15) is 5.11 Å². The summed E-state index contributed by atoms with van der Waals surface area (Å²) in [6, 6.07) is 14.6. The van der Waals surface area contributed by atoms with E-state index in [1.165, 1.54) is 0 Å². The standard InChI is InChI=1S/C14H12Cl2O/c1-14(17,10-6-3-2-4-7-10)11-8-5-9-12(15)13(11)16/h2-9,17H,1H3. The molecule has 0 aliphatic carbocycles. The molecule has 2 rings (SSSR count). The molecule has 0 saturated heterocycles. The molecule has 0 aliphatic rings. The van der Waals surface area contributed by atoms with Gasteiger partial charge in [-0.1, -0.05) is 65.7 Å². The topological polar surface area (TPSA) is 20.2 Å². The van der Waals surface area contributed by atoms with Crippen molar-refractivity contribution in [2.45, 2.75) is 12.5 Å². The van der Waals surface area contributed by atoms with E-state index in [1.54, 1.807) is 25.1 Å². The zero-order chi connectivity index (χ0) is 12.5. The molecule has 0 radical (unpaired) electrons. The van der Waals surface area contributed by atoms with E-state index in [1.807, 2.05) is 30.3 Å². The van der Waals surface area contributed by atoms with E-state index in [0.29, 0.717) is 15.6 Å². The van der Waals surface area contributed by atoms with Crippen molar-refractivity contribution in [1.82, 2.24) is 0 Å². The Labute approximate surface area is 111 Å². The maximum absolute atomic E-state index is 10.6. The molecular formula is C14H12Cl2O. The first kappa shape index (κ1) is 12.4. The van der Waals surface area contributed by atoms with E-state index in [4.69, 9.17) is 23.2 Å². The Bertz CT molecular complexity index is 521. The lowest BCUT2D eigenvalue weighted by atomic mass is 9.88. The van der Waals surface area contributed by atoms with Crippen molar-refractivity contribution < 1.29 is 5.11 Å². The highest BCUT2D eigenvalue weighted by Gasteiger charge is 2.28. The second-order valence-corrected chi connectivity index (χ2v) is 4.82. The molecule has 0 fully saturated rings. The van der Waals surface area contributed by atoms with Crippen LogP contribution in [0.2, 0.25) is 10.0 Å². The van der Waals surface area contributed by atoms with Crippen LogP contribution >= 0.6 is 23.2 Å². The predicted molar refractivity (Wildman–Crippen MR) is 71.6 cm³/mol. The summed E-state index contributed by atoms with van der Waals surface area (Å²) in [4.78, 5) is 0. The van der Waals surface area contributed by atoms with E-state index in [2.05, 4.69) is 0 Å². The predicted octanol–water partition coefficient (Wildman–Crippen LogP) is 4.25. The molecule has 0 aliphatic heterocycles. The van der Waals surface area contributed by atoms with Crippen LogP contribution in [0.15, 0.2) is 48.5 Å². The number of halogens is 2. The molecule has 0 amide bonds. The maximum Gasteiger partial charge on any atom is 0.113 e. The molecule has 2 aromatic rings. The van der Waals surface area contributed by atoms with Gasteiger partial charge < -0.3 is 5.11 Å². The molecule has 88 valence electrons. The molecule has 0 heterocycles. The van der Waals surface area contributed by atoms with Crippen molar-refractivity contribution in [3.63, 3.8) is 0 Å². The number of hydrogen-bond acceptors (Lipinski definition) is 1. The van der Waals surface area contributed by atoms with E-state index >= 15 is 0 Å². The summed E-state index contributed by atoms with van der Waals surface area (Å²) in [5, 5.41) is 11.5. The minimum Gasteiger partial charge on any atom is -0.381 e. The van der Waals surface area contributed by atoms with Gasteiger partial charge in [0.25, 0.3) is 0 Å². The zero-order valence-corrected chi connectivity index (χ0v) is 10.8. The summed E-state index contributed by atoms with van der Waals surface area (Å²) >= 11 is 12.1. The normalized spacial score (nSPS) is 14.4. The van der Waals surface area contributed by atoms with E-state index < -0.39 is 5.60 Å². The Balaban J connectivity index is 2.56. The van der Waals surface area contributed by atoms with Crippen LogP contribution in [0.3, 0.4) is 0 Å². The summed E-state index contributed by atoms with van der Waals surface area (Å²) in [5.41, 5.74) is 0.241. The highest BCUT2D eigenvalue weighted by atomic mass is 35.5. The average Bonchev–Trinajstić information content (AvgIpc) is 2.33. The summed E-state index contributed by atoms with van der Waals surface area (Å²) in [6.07, 6.45) is 0. The fourth-order valence-corrected chi connectivity index (χ4v) is 2.28. The Morgan fingerprint density at radius 1 is 0.941 bits per heavy atom. The van der Waals surface area contributed by atoms with Gasteiger partial charge in [-0.25, -0.2) is 0 Å². The highest BCUT2D eigenvalue weighted by molar-refractivity contribution is 6.42. The van der Waals surface area contributed by atoms with Crippen LogP contribution in [0.25, 0.3) is 0 Å². The summed E-state index contributed by atoms with van der Waals surface area (Å²) in [7, 11) is 0. The SMILES string of the molecule is CC(O)(c1ccccc1)c1cccc(Cl)c1Cl. The minimum absolute atomic E-state index is 0.392. The molecule has 0 bridgehead atoms. The van der Waals surface area contributed by atoms with Gasteiger partial charge >= 0.3 is 0 Å². The van der Waals surface area contributed by atoms with Crippen molar-refractivity contribution in [1.29, 1.82) is 0 Å². The molecule has 1 nitrogen and oxygen atoms in total. The van der Waals surface area contributed by atoms with Crippen molar-refractivity contribution >= 4 is 23.2 Å². The highest BCUT2D eigenvalue weighted by Crippen LogP contribution is 2.36. The second kappa shape index (κ2) is 4.69. The van der Waals surface area contributed by atoms with Crippen molar-refractivity contribution in [2.75, 3.05) is 0 Å². The first-order chi connectivity index (χ1) is 8.03.